The molecule has 0 spiro atoms. The first-order chi connectivity index (χ1) is 20.8. The second-order valence-electron chi connectivity index (χ2n) is 13.1. The zero-order valence-electron chi connectivity index (χ0n) is 27.9. The van der Waals surface area contributed by atoms with Crippen LogP contribution < -0.4 is 0 Å². The van der Waals surface area contributed by atoms with Crippen LogP contribution in [0, 0.1) is 0 Å². The zero-order chi connectivity index (χ0) is 31.5. The van der Waals surface area contributed by atoms with Crippen LogP contribution in [-0.4, -0.2) is 56.9 Å². The number of carbonyl (C=O) groups excluding carboxylic acids is 1. The third-order valence-corrected chi connectivity index (χ3v) is 8.77. The number of rotatable bonds is 30. The standard InChI is InChI=1S/C37H68O6/c1-3-4-5-6-7-8-9-10-11-12-13-14-15-22-27-35(40)36(41)28-23-17-16-19-24-33(38)25-20-18-21-26-34(39)30-32-29-31(2)43-37(32)42/h14-15,29,31,33-36,38-41H,3-13,16-28,30H2,1-2H3/b15-14-/t31-,33?,34?,35?,36?/m0/s1. The predicted octanol–water partition coefficient (Wildman–Crippen LogP) is 8.63. The summed E-state index contributed by atoms with van der Waals surface area (Å²) < 4.78 is 5.07. The largest absolute Gasteiger partial charge is 0.455 e. The van der Waals surface area contributed by atoms with Crippen LogP contribution in [-0.2, 0) is 9.53 Å². The first-order valence-corrected chi connectivity index (χ1v) is 18.1. The SMILES string of the molecule is CCCCCCCCCCCC/C=C\CCC(O)C(O)CCCCCCC(O)CCCCCC(O)CC1=C[C@H](C)OC1=O. The summed E-state index contributed by atoms with van der Waals surface area (Å²) in [4.78, 5) is 11.6. The van der Waals surface area contributed by atoms with Crippen molar-refractivity contribution in [3.8, 4) is 0 Å². The van der Waals surface area contributed by atoms with Crippen molar-refractivity contribution in [2.75, 3.05) is 0 Å². The molecule has 6 heteroatoms. The molecule has 0 fully saturated rings. The van der Waals surface area contributed by atoms with Gasteiger partial charge in [-0.15, -0.1) is 0 Å². The summed E-state index contributed by atoms with van der Waals surface area (Å²) in [7, 11) is 0. The van der Waals surface area contributed by atoms with E-state index in [9.17, 15) is 25.2 Å². The topological polar surface area (TPSA) is 107 Å². The van der Waals surface area contributed by atoms with Crippen molar-refractivity contribution in [2.45, 2.75) is 205 Å². The summed E-state index contributed by atoms with van der Waals surface area (Å²) in [5.41, 5.74) is 0.582. The third-order valence-electron chi connectivity index (χ3n) is 8.77. The molecule has 4 N–H and O–H groups in total. The van der Waals surface area contributed by atoms with Gasteiger partial charge in [0, 0.05) is 12.0 Å². The maximum Gasteiger partial charge on any atom is 0.334 e. The van der Waals surface area contributed by atoms with Gasteiger partial charge in [0.15, 0.2) is 0 Å². The minimum atomic E-state index is -0.648. The number of esters is 1. The van der Waals surface area contributed by atoms with Crippen molar-refractivity contribution in [3.63, 3.8) is 0 Å². The van der Waals surface area contributed by atoms with E-state index >= 15 is 0 Å². The van der Waals surface area contributed by atoms with Gasteiger partial charge in [-0.3, -0.25) is 0 Å². The minimum absolute atomic E-state index is 0.193. The fourth-order valence-electron chi connectivity index (χ4n) is 5.94. The Morgan fingerprint density at radius 3 is 1.67 bits per heavy atom. The predicted molar refractivity (Wildman–Crippen MR) is 178 cm³/mol. The molecule has 252 valence electrons. The summed E-state index contributed by atoms with van der Waals surface area (Å²) in [5, 5.41) is 41.0. The third kappa shape index (κ3) is 22.9. The van der Waals surface area contributed by atoms with Gasteiger partial charge in [0.1, 0.15) is 6.10 Å². The highest BCUT2D eigenvalue weighted by Crippen LogP contribution is 2.21. The Bertz CT molecular complexity index is 720. The summed E-state index contributed by atoms with van der Waals surface area (Å²) in [5.74, 6) is -0.309. The van der Waals surface area contributed by atoms with Crippen LogP contribution in [0.3, 0.4) is 0 Å². The Morgan fingerprint density at radius 1 is 0.628 bits per heavy atom. The molecule has 1 rings (SSSR count). The van der Waals surface area contributed by atoms with Crippen LogP contribution in [0.2, 0.25) is 0 Å². The Balaban J connectivity index is 1.88. The number of cyclic esters (lactones) is 1. The van der Waals surface area contributed by atoms with Crippen LogP contribution in [0.4, 0.5) is 0 Å². The van der Waals surface area contributed by atoms with Crippen LogP contribution in [0.15, 0.2) is 23.8 Å². The molecule has 1 heterocycles. The molecule has 4 unspecified atom stereocenters. The molecule has 0 amide bonds. The highest BCUT2D eigenvalue weighted by molar-refractivity contribution is 5.90. The lowest BCUT2D eigenvalue weighted by Gasteiger charge is -2.17. The van der Waals surface area contributed by atoms with Crippen molar-refractivity contribution in [2.24, 2.45) is 0 Å². The molecule has 0 aromatic rings. The molecule has 43 heavy (non-hydrogen) atoms. The molecule has 0 bridgehead atoms. The number of ether oxygens (including phenoxy) is 1. The van der Waals surface area contributed by atoms with Crippen LogP contribution in [0.25, 0.3) is 0 Å². The minimum Gasteiger partial charge on any atom is -0.455 e. The fourth-order valence-corrected chi connectivity index (χ4v) is 5.94. The van der Waals surface area contributed by atoms with Crippen molar-refractivity contribution in [1.29, 1.82) is 0 Å². The van der Waals surface area contributed by atoms with Gasteiger partial charge in [0.25, 0.3) is 0 Å². The first kappa shape index (κ1) is 39.8. The molecule has 5 atom stereocenters. The van der Waals surface area contributed by atoms with Crippen LogP contribution >= 0.6 is 0 Å². The van der Waals surface area contributed by atoms with Crippen LogP contribution in [0.1, 0.15) is 174 Å². The summed E-state index contributed by atoms with van der Waals surface area (Å²) in [6.07, 6.45) is 30.0. The normalized spacial score (nSPS) is 18.1. The molecule has 6 nitrogen and oxygen atoms in total. The Kier molecular flexibility index (Phi) is 25.1. The highest BCUT2D eigenvalue weighted by atomic mass is 16.5. The number of aliphatic hydroxyl groups excluding tert-OH is 4. The Hall–Kier alpha value is -1.21. The summed E-state index contributed by atoms with van der Waals surface area (Å²) in [6.45, 7) is 4.08. The molecule has 1 aliphatic heterocycles. The van der Waals surface area contributed by atoms with E-state index in [1.165, 1.54) is 64.2 Å². The molecule has 0 aromatic heterocycles. The van der Waals surface area contributed by atoms with Gasteiger partial charge < -0.3 is 25.2 Å². The van der Waals surface area contributed by atoms with Gasteiger partial charge in [-0.2, -0.15) is 0 Å². The maximum absolute atomic E-state index is 11.6. The zero-order valence-corrected chi connectivity index (χ0v) is 27.9. The van der Waals surface area contributed by atoms with Gasteiger partial charge in [0.05, 0.1) is 24.4 Å². The average Bonchev–Trinajstić information content (AvgIpc) is 3.30. The average molecular weight is 609 g/mol. The summed E-state index contributed by atoms with van der Waals surface area (Å²) >= 11 is 0. The summed E-state index contributed by atoms with van der Waals surface area (Å²) in [6, 6.07) is 0. The van der Waals surface area contributed by atoms with Crippen molar-refractivity contribution in [1.82, 2.24) is 0 Å². The van der Waals surface area contributed by atoms with Crippen molar-refractivity contribution < 1.29 is 30.0 Å². The lowest BCUT2D eigenvalue weighted by molar-refractivity contribution is -0.139. The van der Waals surface area contributed by atoms with Crippen molar-refractivity contribution >= 4 is 5.97 Å². The number of aliphatic hydroxyl groups is 4. The number of hydrogen-bond donors (Lipinski definition) is 4. The number of unbranched alkanes of at least 4 members (excludes halogenated alkanes) is 15. The fraction of sp³-hybridized carbons (Fsp3) is 0.865. The van der Waals surface area contributed by atoms with Gasteiger partial charge >= 0.3 is 5.97 Å². The molecule has 0 radical (unpaired) electrons. The van der Waals surface area contributed by atoms with E-state index < -0.39 is 18.3 Å². The molecule has 0 saturated heterocycles. The van der Waals surface area contributed by atoms with E-state index in [2.05, 4.69) is 19.1 Å². The first-order valence-electron chi connectivity index (χ1n) is 18.1. The van der Waals surface area contributed by atoms with Gasteiger partial charge in [0.2, 0.25) is 0 Å². The molecular weight excluding hydrogens is 540 g/mol. The second kappa shape index (κ2) is 27.1. The van der Waals surface area contributed by atoms with E-state index in [4.69, 9.17) is 4.74 Å². The maximum atomic E-state index is 11.6. The van der Waals surface area contributed by atoms with E-state index in [1.807, 2.05) is 6.92 Å². The van der Waals surface area contributed by atoms with E-state index in [1.54, 1.807) is 6.08 Å². The lowest BCUT2D eigenvalue weighted by atomic mass is 9.99. The Morgan fingerprint density at radius 2 is 1.09 bits per heavy atom. The van der Waals surface area contributed by atoms with E-state index in [-0.39, 0.29) is 18.2 Å². The van der Waals surface area contributed by atoms with Crippen molar-refractivity contribution in [3.05, 3.63) is 23.8 Å². The smallest absolute Gasteiger partial charge is 0.334 e. The lowest BCUT2D eigenvalue weighted by Crippen LogP contribution is -2.25. The van der Waals surface area contributed by atoms with E-state index in [0.29, 0.717) is 31.3 Å². The number of hydrogen-bond acceptors (Lipinski definition) is 6. The van der Waals surface area contributed by atoms with Crippen LogP contribution in [0.5, 0.6) is 0 Å². The van der Waals surface area contributed by atoms with Gasteiger partial charge in [-0.1, -0.05) is 122 Å². The Labute approximate surface area is 264 Å². The number of carbonyl (C=O) groups is 1. The van der Waals surface area contributed by atoms with Gasteiger partial charge in [-0.25, -0.2) is 4.79 Å². The monoisotopic (exact) mass is 609 g/mol. The van der Waals surface area contributed by atoms with E-state index in [0.717, 1.165) is 70.6 Å². The molecule has 0 aliphatic carbocycles. The van der Waals surface area contributed by atoms with Gasteiger partial charge in [-0.05, 0) is 64.4 Å². The molecule has 1 aliphatic rings. The quantitative estimate of drug-likeness (QED) is 0.0369. The number of allylic oxidation sites excluding steroid dienone is 2. The second-order valence-corrected chi connectivity index (χ2v) is 13.1. The highest BCUT2D eigenvalue weighted by Gasteiger charge is 2.24. The molecule has 0 saturated carbocycles. The molecular formula is C37H68O6. The molecule has 0 aromatic carbocycles.